The van der Waals surface area contributed by atoms with Gasteiger partial charge in [0.2, 0.25) is 5.13 Å². The Kier molecular flexibility index (Phi) is 5.76. The van der Waals surface area contributed by atoms with Gasteiger partial charge < -0.3 is 0 Å². The number of carbonyl (C=O) groups excluding carboxylic acids is 2. The molecule has 0 aliphatic rings. The number of halogens is 1. The van der Waals surface area contributed by atoms with Crippen LogP contribution in [0.15, 0.2) is 28.7 Å². The molecular formula is C17H17BrN6O2S. The van der Waals surface area contributed by atoms with Gasteiger partial charge in [-0.25, -0.2) is 9.67 Å². The minimum absolute atomic E-state index is 0.0205. The third kappa shape index (κ3) is 4.45. The Morgan fingerprint density at radius 2 is 1.96 bits per heavy atom. The van der Waals surface area contributed by atoms with E-state index in [0.717, 1.165) is 21.7 Å². The number of amides is 1. The molecule has 1 aromatic carbocycles. The van der Waals surface area contributed by atoms with Gasteiger partial charge in [0.25, 0.3) is 5.91 Å². The van der Waals surface area contributed by atoms with E-state index in [1.165, 1.54) is 6.92 Å². The molecule has 0 saturated heterocycles. The van der Waals surface area contributed by atoms with Crippen LogP contribution in [0.4, 0.5) is 5.13 Å². The Bertz CT molecular complexity index is 980. The number of Topliss-reactive ketones (excluding diaryl/α,β-unsaturated/α-hetero) is 1. The van der Waals surface area contributed by atoms with Crippen molar-refractivity contribution in [1.82, 2.24) is 24.4 Å². The lowest BCUT2D eigenvalue weighted by molar-refractivity contribution is -0.116. The number of carbonyl (C=O) groups is 2. The fourth-order valence-corrected chi connectivity index (χ4v) is 3.34. The predicted octanol–water partition coefficient (Wildman–Crippen LogP) is 3.39. The van der Waals surface area contributed by atoms with E-state index < -0.39 is 5.91 Å². The molecule has 0 atom stereocenters. The molecule has 3 rings (SSSR count). The SMILES string of the molecule is CC(=O)Cc1nsc(NC(=O)c2nnn(-c3ccc(Br)cc3)c2C(C)C)n1. The van der Waals surface area contributed by atoms with Crippen molar-refractivity contribution in [2.45, 2.75) is 33.1 Å². The van der Waals surface area contributed by atoms with Gasteiger partial charge >= 0.3 is 0 Å². The van der Waals surface area contributed by atoms with Crippen molar-refractivity contribution in [2.24, 2.45) is 0 Å². The minimum atomic E-state index is -0.410. The van der Waals surface area contributed by atoms with Crippen molar-refractivity contribution in [3.05, 3.63) is 46.0 Å². The molecule has 140 valence electrons. The maximum atomic E-state index is 12.7. The topological polar surface area (TPSA) is 103 Å². The summed E-state index contributed by atoms with van der Waals surface area (Å²) < 4.78 is 6.68. The fraction of sp³-hybridized carbons (Fsp3) is 0.294. The second kappa shape index (κ2) is 8.05. The van der Waals surface area contributed by atoms with Crippen molar-refractivity contribution in [3.63, 3.8) is 0 Å². The highest BCUT2D eigenvalue weighted by Crippen LogP contribution is 2.23. The summed E-state index contributed by atoms with van der Waals surface area (Å²) in [6, 6.07) is 7.59. The Morgan fingerprint density at radius 3 is 2.59 bits per heavy atom. The van der Waals surface area contributed by atoms with Crippen LogP contribution in [0, 0.1) is 0 Å². The molecule has 10 heteroatoms. The second-order valence-corrected chi connectivity index (χ2v) is 7.88. The molecule has 2 aromatic heterocycles. The molecule has 8 nitrogen and oxygen atoms in total. The van der Waals surface area contributed by atoms with Gasteiger partial charge in [-0.2, -0.15) is 4.37 Å². The molecule has 1 amide bonds. The highest BCUT2D eigenvalue weighted by molar-refractivity contribution is 9.10. The van der Waals surface area contributed by atoms with E-state index in [9.17, 15) is 9.59 Å². The molecule has 0 unspecified atom stereocenters. The Labute approximate surface area is 168 Å². The summed E-state index contributed by atoms with van der Waals surface area (Å²) >= 11 is 4.43. The molecule has 0 aliphatic heterocycles. The van der Waals surface area contributed by atoms with Crippen molar-refractivity contribution < 1.29 is 9.59 Å². The number of rotatable bonds is 6. The molecule has 0 radical (unpaired) electrons. The van der Waals surface area contributed by atoms with E-state index in [0.29, 0.717) is 16.6 Å². The van der Waals surface area contributed by atoms with Crippen molar-refractivity contribution >= 4 is 44.3 Å². The Balaban J connectivity index is 1.87. The summed E-state index contributed by atoms with van der Waals surface area (Å²) in [6.45, 7) is 5.41. The number of nitrogens with one attached hydrogen (secondary N) is 1. The van der Waals surface area contributed by atoms with Crippen LogP contribution >= 0.6 is 27.5 Å². The van der Waals surface area contributed by atoms with Crippen LogP contribution in [0.1, 0.15) is 48.7 Å². The first-order valence-corrected chi connectivity index (χ1v) is 9.76. The largest absolute Gasteiger partial charge is 0.300 e. The molecule has 27 heavy (non-hydrogen) atoms. The van der Waals surface area contributed by atoms with Gasteiger partial charge in [0, 0.05) is 16.0 Å². The number of benzene rings is 1. The highest BCUT2D eigenvalue weighted by atomic mass is 79.9. The quantitative estimate of drug-likeness (QED) is 0.619. The molecule has 2 heterocycles. The molecule has 0 aliphatic carbocycles. The second-order valence-electron chi connectivity index (χ2n) is 6.21. The molecule has 1 N–H and O–H groups in total. The van der Waals surface area contributed by atoms with Crippen LogP contribution in [0.2, 0.25) is 0 Å². The van der Waals surface area contributed by atoms with Crippen molar-refractivity contribution in [3.8, 4) is 5.69 Å². The molecule has 0 fully saturated rings. The van der Waals surface area contributed by atoms with Gasteiger partial charge in [-0.15, -0.1) is 5.10 Å². The summed E-state index contributed by atoms with van der Waals surface area (Å²) in [7, 11) is 0. The zero-order chi connectivity index (χ0) is 19.6. The van der Waals surface area contributed by atoms with Crippen LogP contribution < -0.4 is 5.32 Å². The Morgan fingerprint density at radius 1 is 1.26 bits per heavy atom. The molecule has 0 bridgehead atoms. The first-order chi connectivity index (χ1) is 12.8. The molecule has 0 saturated carbocycles. The maximum Gasteiger partial charge on any atom is 0.279 e. The van der Waals surface area contributed by atoms with Crippen LogP contribution in [-0.4, -0.2) is 36.0 Å². The third-order valence-electron chi connectivity index (χ3n) is 3.63. The smallest absolute Gasteiger partial charge is 0.279 e. The highest BCUT2D eigenvalue weighted by Gasteiger charge is 2.24. The first-order valence-electron chi connectivity index (χ1n) is 8.20. The lowest BCUT2D eigenvalue weighted by Crippen LogP contribution is -2.16. The zero-order valence-corrected chi connectivity index (χ0v) is 17.3. The summed E-state index contributed by atoms with van der Waals surface area (Å²) in [4.78, 5) is 28.0. The minimum Gasteiger partial charge on any atom is -0.300 e. The molecular weight excluding hydrogens is 432 g/mol. The van der Waals surface area contributed by atoms with Crippen molar-refractivity contribution in [2.75, 3.05) is 5.32 Å². The lowest BCUT2D eigenvalue weighted by atomic mass is 10.1. The van der Waals surface area contributed by atoms with Crippen LogP contribution in [0.3, 0.4) is 0 Å². The van der Waals surface area contributed by atoms with E-state index >= 15 is 0 Å². The number of ketones is 1. The number of nitrogens with zero attached hydrogens (tertiary/aromatic N) is 5. The number of hydrogen-bond acceptors (Lipinski definition) is 7. The maximum absolute atomic E-state index is 12.7. The van der Waals surface area contributed by atoms with Gasteiger partial charge in [0.15, 0.2) is 11.5 Å². The van der Waals surface area contributed by atoms with E-state index in [1.54, 1.807) is 4.68 Å². The number of hydrogen-bond donors (Lipinski definition) is 1. The van der Waals surface area contributed by atoms with E-state index in [4.69, 9.17) is 0 Å². The molecule has 0 spiro atoms. The lowest BCUT2D eigenvalue weighted by Gasteiger charge is -2.10. The van der Waals surface area contributed by atoms with Gasteiger partial charge in [-0.05, 0) is 37.1 Å². The Hall–Kier alpha value is -2.46. The molecule has 3 aromatic rings. The predicted molar refractivity (Wildman–Crippen MR) is 105 cm³/mol. The van der Waals surface area contributed by atoms with E-state index in [2.05, 4.69) is 40.9 Å². The van der Waals surface area contributed by atoms with Gasteiger partial charge in [-0.3, -0.25) is 14.9 Å². The summed E-state index contributed by atoms with van der Waals surface area (Å²) in [5.74, 6) is -0.0321. The zero-order valence-electron chi connectivity index (χ0n) is 14.9. The van der Waals surface area contributed by atoms with Crippen LogP contribution in [0.25, 0.3) is 5.69 Å². The van der Waals surface area contributed by atoms with Crippen LogP contribution in [0.5, 0.6) is 0 Å². The average Bonchev–Trinajstić information content (AvgIpc) is 3.22. The van der Waals surface area contributed by atoms with Gasteiger partial charge in [-0.1, -0.05) is 35.0 Å². The van der Waals surface area contributed by atoms with E-state index in [1.807, 2.05) is 38.1 Å². The van der Waals surface area contributed by atoms with Gasteiger partial charge in [0.1, 0.15) is 5.78 Å². The number of anilines is 1. The third-order valence-corrected chi connectivity index (χ3v) is 4.83. The van der Waals surface area contributed by atoms with Crippen LogP contribution in [-0.2, 0) is 11.2 Å². The number of aromatic nitrogens is 5. The summed E-state index contributed by atoms with van der Waals surface area (Å²) in [6.07, 6.45) is 0.142. The standard InChI is InChI=1S/C17H17BrN6O2S/c1-9(2)15-14(21-23-24(15)12-6-4-11(18)5-7-12)16(26)20-17-19-13(22-27-17)8-10(3)25/h4-7,9H,8H2,1-3H3,(H,19,20,22,26). The average molecular weight is 449 g/mol. The van der Waals surface area contributed by atoms with E-state index in [-0.39, 0.29) is 23.8 Å². The summed E-state index contributed by atoms with van der Waals surface area (Å²) in [5.41, 5.74) is 1.74. The summed E-state index contributed by atoms with van der Waals surface area (Å²) in [5, 5.41) is 11.3. The monoisotopic (exact) mass is 448 g/mol. The fourth-order valence-electron chi connectivity index (χ4n) is 2.50. The first kappa shape index (κ1) is 19.3. The van der Waals surface area contributed by atoms with Gasteiger partial charge in [0.05, 0.1) is 17.8 Å². The normalized spacial score (nSPS) is 11.0. The van der Waals surface area contributed by atoms with Crippen molar-refractivity contribution in [1.29, 1.82) is 0 Å².